The standard InChI is InChI=1S/C21H15ClO3/c1-13-10-15(24-12-14-6-2-5-9-18(14)22)11-19-20(13)16-7-3-4-8-17(16)21(23)25-19/h2-11H,12H2,1H3. The van der Waals surface area contributed by atoms with Crippen LogP contribution >= 0.6 is 11.6 Å². The van der Waals surface area contributed by atoms with E-state index in [1.165, 1.54) is 0 Å². The Bertz CT molecular complexity index is 1140. The van der Waals surface area contributed by atoms with Crippen LogP contribution in [0.4, 0.5) is 0 Å². The van der Waals surface area contributed by atoms with Crippen molar-refractivity contribution in [3.8, 4) is 5.75 Å². The Labute approximate surface area is 149 Å². The van der Waals surface area contributed by atoms with E-state index in [9.17, 15) is 4.79 Å². The van der Waals surface area contributed by atoms with Crippen molar-refractivity contribution in [2.24, 2.45) is 0 Å². The molecule has 0 radical (unpaired) electrons. The van der Waals surface area contributed by atoms with E-state index in [-0.39, 0.29) is 5.63 Å². The van der Waals surface area contributed by atoms with Crippen molar-refractivity contribution in [2.75, 3.05) is 0 Å². The van der Waals surface area contributed by atoms with Gasteiger partial charge in [0.05, 0.1) is 5.39 Å². The third kappa shape index (κ3) is 2.87. The van der Waals surface area contributed by atoms with Crippen LogP contribution in [-0.2, 0) is 6.61 Å². The van der Waals surface area contributed by atoms with E-state index in [0.717, 1.165) is 21.9 Å². The summed E-state index contributed by atoms with van der Waals surface area (Å²) in [5, 5.41) is 3.07. The molecule has 124 valence electrons. The van der Waals surface area contributed by atoms with Gasteiger partial charge in [-0.05, 0) is 30.7 Å². The lowest BCUT2D eigenvalue weighted by Gasteiger charge is -2.11. The number of rotatable bonds is 3. The Balaban J connectivity index is 1.78. The fourth-order valence-corrected chi connectivity index (χ4v) is 3.23. The van der Waals surface area contributed by atoms with Gasteiger partial charge in [-0.3, -0.25) is 0 Å². The van der Waals surface area contributed by atoms with Crippen LogP contribution in [0.3, 0.4) is 0 Å². The van der Waals surface area contributed by atoms with E-state index < -0.39 is 0 Å². The van der Waals surface area contributed by atoms with Crippen LogP contribution < -0.4 is 10.4 Å². The summed E-state index contributed by atoms with van der Waals surface area (Å²) in [5.74, 6) is 0.642. The lowest BCUT2D eigenvalue weighted by Crippen LogP contribution is -2.01. The minimum atomic E-state index is -0.342. The molecule has 25 heavy (non-hydrogen) atoms. The zero-order valence-electron chi connectivity index (χ0n) is 13.6. The van der Waals surface area contributed by atoms with Crippen molar-refractivity contribution in [1.82, 2.24) is 0 Å². The van der Waals surface area contributed by atoms with Gasteiger partial charge in [0.1, 0.15) is 17.9 Å². The molecule has 0 amide bonds. The summed E-state index contributed by atoms with van der Waals surface area (Å²) in [4.78, 5) is 12.2. The predicted molar refractivity (Wildman–Crippen MR) is 101 cm³/mol. The first-order valence-electron chi connectivity index (χ1n) is 7.96. The number of benzene rings is 3. The second-order valence-electron chi connectivity index (χ2n) is 5.93. The molecule has 4 rings (SSSR count). The van der Waals surface area contributed by atoms with E-state index in [4.69, 9.17) is 20.8 Å². The third-order valence-corrected chi connectivity index (χ3v) is 4.61. The molecule has 0 saturated carbocycles. The molecule has 4 aromatic rings. The number of ether oxygens (including phenoxy) is 1. The summed E-state index contributed by atoms with van der Waals surface area (Å²) in [6, 6.07) is 18.7. The van der Waals surface area contributed by atoms with Gasteiger partial charge in [0.2, 0.25) is 0 Å². The van der Waals surface area contributed by atoms with Gasteiger partial charge >= 0.3 is 5.63 Å². The maximum absolute atomic E-state index is 12.2. The summed E-state index contributed by atoms with van der Waals surface area (Å²) in [7, 11) is 0. The molecule has 0 aliphatic rings. The maximum Gasteiger partial charge on any atom is 0.344 e. The molecule has 0 fully saturated rings. The number of aryl methyl sites for hydroxylation is 1. The first kappa shape index (κ1) is 15.7. The molecule has 0 atom stereocenters. The zero-order valence-corrected chi connectivity index (χ0v) is 14.3. The largest absolute Gasteiger partial charge is 0.489 e. The van der Waals surface area contributed by atoms with Crippen LogP contribution in [0, 0.1) is 6.92 Å². The number of fused-ring (bicyclic) bond motifs is 3. The van der Waals surface area contributed by atoms with Crippen molar-refractivity contribution in [1.29, 1.82) is 0 Å². The molecule has 0 N–H and O–H groups in total. The van der Waals surface area contributed by atoms with Gasteiger partial charge in [-0.15, -0.1) is 0 Å². The maximum atomic E-state index is 12.2. The quantitative estimate of drug-likeness (QED) is 0.362. The average molecular weight is 351 g/mol. The molecule has 1 aromatic heterocycles. The first-order chi connectivity index (χ1) is 12.1. The average Bonchev–Trinajstić information content (AvgIpc) is 2.61. The smallest absolute Gasteiger partial charge is 0.344 e. The Hall–Kier alpha value is -2.78. The number of halogens is 1. The lowest BCUT2D eigenvalue weighted by molar-refractivity contribution is 0.306. The molecule has 0 aliphatic heterocycles. The highest BCUT2D eigenvalue weighted by Crippen LogP contribution is 2.30. The molecule has 0 bridgehead atoms. The van der Waals surface area contributed by atoms with Crippen molar-refractivity contribution in [3.63, 3.8) is 0 Å². The first-order valence-corrected chi connectivity index (χ1v) is 8.34. The van der Waals surface area contributed by atoms with E-state index in [1.807, 2.05) is 55.5 Å². The number of hydrogen-bond acceptors (Lipinski definition) is 3. The molecule has 0 unspecified atom stereocenters. The Morgan fingerprint density at radius 1 is 1.00 bits per heavy atom. The van der Waals surface area contributed by atoms with Crippen molar-refractivity contribution in [3.05, 3.63) is 87.2 Å². The molecule has 3 aromatic carbocycles. The Morgan fingerprint density at radius 2 is 1.72 bits per heavy atom. The zero-order chi connectivity index (χ0) is 17.4. The fourth-order valence-electron chi connectivity index (χ4n) is 3.04. The molecular weight excluding hydrogens is 336 g/mol. The van der Waals surface area contributed by atoms with Crippen LogP contribution in [-0.4, -0.2) is 0 Å². The normalized spacial score (nSPS) is 11.1. The van der Waals surface area contributed by atoms with Crippen molar-refractivity contribution >= 4 is 33.3 Å². The van der Waals surface area contributed by atoms with Gasteiger partial charge in [0, 0.05) is 27.4 Å². The second-order valence-corrected chi connectivity index (χ2v) is 6.34. The van der Waals surface area contributed by atoms with Crippen LogP contribution in [0.2, 0.25) is 5.02 Å². The van der Waals surface area contributed by atoms with E-state index in [1.54, 1.807) is 12.1 Å². The van der Waals surface area contributed by atoms with E-state index >= 15 is 0 Å². The van der Waals surface area contributed by atoms with Gasteiger partial charge in [-0.2, -0.15) is 0 Å². The fraction of sp³-hybridized carbons (Fsp3) is 0.0952. The van der Waals surface area contributed by atoms with E-state index in [2.05, 4.69) is 0 Å². The van der Waals surface area contributed by atoms with Gasteiger partial charge in [0.15, 0.2) is 0 Å². The van der Waals surface area contributed by atoms with E-state index in [0.29, 0.717) is 28.3 Å². The third-order valence-electron chi connectivity index (χ3n) is 4.24. The molecule has 4 heteroatoms. The molecule has 0 spiro atoms. The molecular formula is C21H15ClO3. The van der Waals surface area contributed by atoms with Crippen LogP contribution in [0.5, 0.6) is 5.75 Å². The molecule has 3 nitrogen and oxygen atoms in total. The van der Waals surface area contributed by atoms with Gasteiger partial charge in [-0.25, -0.2) is 4.79 Å². The molecule has 0 aliphatic carbocycles. The van der Waals surface area contributed by atoms with Crippen LogP contribution in [0.25, 0.3) is 21.7 Å². The summed E-state index contributed by atoms with van der Waals surface area (Å²) in [5.41, 5.74) is 2.08. The summed E-state index contributed by atoms with van der Waals surface area (Å²) < 4.78 is 11.4. The molecule has 1 heterocycles. The highest BCUT2D eigenvalue weighted by Gasteiger charge is 2.11. The second kappa shape index (κ2) is 6.26. The monoisotopic (exact) mass is 350 g/mol. The van der Waals surface area contributed by atoms with Gasteiger partial charge in [0.25, 0.3) is 0 Å². The summed E-state index contributed by atoms with van der Waals surface area (Å²) >= 11 is 6.16. The Kier molecular flexibility index (Phi) is 3.94. The van der Waals surface area contributed by atoms with Crippen LogP contribution in [0.1, 0.15) is 11.1 Å². The van der Waals surface area contributed by atoms with Gasteiger partial charge in [-0.1, -0.05) is 48.0 Å². The minimum absolute atomic E-state index is 0.342. The lowest BCUT2D eigenvalue weighted by atomic mass is 10.0. The summed E-state index contributed by atoms with van der Waals surface area (Å²) in [6.07, 6.45) is 0. The van der Waals surface area contributed by atoms with Gasteiger partial charge < -0.3 is 9.15 Å². The molecule has 0 saturated heterocycles. The summed E-state index contributed by atoms with van der Waals surface area (Å²) in [6.45, 7) is 2.33. The van der Waals surface area contributed by atoms with Crippen molar-refractivity contribution in [2.45, 2.75) is 13.5 Å². The van der Waals surface area contributed by atoms with Crippen LogP contribution in [0.15, 0.2) is 69.9 Å². The number of hydrogen-bond donors (Lipinski definition) is 0. The highest BCUT2D eigenvalue weighted by molar-refractivity contribution is 6.31. The minimum Gasteiger partial charge on any atom is -0.489 e. The topological polar surface area (TPSA) is 39.4 Å². The SMILES string of the molecule is Cc1cc(OCc2ccccc2Cl)cc2oc(=O)c3ccccc3c12. The predicted octanol–water partition coefficient (Wildman–Crippen LogP) is 5.49. The van der Waals surface area contributed by atoms with Crippen molar-refractivity contribution < 1.29 is 9.15 Å². The Morgan fingerprint density at radius 3 is 2.52 bits per heavy atom. The highest BCUT2D eigenvalue weighted by atomic mass is 35.5.